The van der Waals surface area contributed by atoms with E-state index in [1.807, 2.05) is 6.21 Å². The highest BCUT2D eigenvalue weighted by Crippen LogP contribution is 2.27. The predicted molar refractivity (Wildman–Crippen MR) is 80.2 cm³/mol. The molecule has 0 radical (unpaired) electrons. The second kappa shape index (κ2) is 5.81. The summed E-state index contributed by atoms with van der Waals surface area (Å²) in [6, 6.07) is 16.9. The van der Waals surface area contributed by atoms with Crippen LogP contribution in [0.1, 0.15) is 16.7 Å². The first-order valence-corrected chi connectivity index (χ1v) is 6.81. The Morgan fingerprint density at radius 3 is 2.79 bits per heavy atom. The molecule has 1 aliphatic heterocycles. The zero-order chi connectivity index (χ0) is 12.9. The van der Waals surface area contributed by atoms with Crippen molar-refractivity contribution in [3.63, 3.8) is 0 Å². The minimum absolute atomic E-state index is 0.937. The lowest BCUT2D eigenvalue weighted by Gasteiger charge is -2.08. The van der Waals surface area contributed by atoms with Gasteiger partial charge in [0.1, 0.15) is 0 Å². The van der Waals surface area contributed by atoms with E-state index in [4.69, 9.17) is 0 Å². The molecule has 19 heavy (non-hydrogen) atoms. The van der Waals surface area contributed by atoms with Crippen LogP contribution in [0.3, 0.4) is 0 Å². The lowest BCUT2D eigenvalue weighted by molar-refractivity contribution is 0.685. The molecule has 0 aromatic heterocycles. The Morgan fingerprint density at radius 1 is 1.00 bits per heavy atom. The van der Waals surface area contributed by atoms with Gasteiger partial charge in [0.2, 0.25) is 0 Å². The Morgan fingerprint density at radius 2 is 1.89 bits per heavy atom. The lowest BCUT2D eigenvalue weighted by Crippen LogP contribution is -2.17. The molecule has 2 aromatic carbocycles. The van der Waals surface area contributed by atoms with E-state index in [0.29, 0.717) is 0 Å². The van der Waals surface area contributed by atoms with Gasteiger partial charge in [-0.25, -0.2) is 0 Å². The number of nitrogens with one attached hydrogen (secondary N) is 1. The summed E-state index contributed by atoms with van der Waals surface area (Å²) in [5.41, 5.74) is 5.32. The maximum atomic E-state index is 4.39. The topological polar surface area (TPSA) is 24.4 Å². The van der Waals surface area contributed by atoms with Crippen molar-refractivity contribution in [1.29, 1.82) is 0 Å². The van der Waals surface area contributed by atoms with Crippen LogP contribution in [0, 0.1) is 0 Å². The van der Waals surface area contributed by atoms with E-state index in [1.165, 1.54) is 16.7 Å². The van der Waals surface area contributed by atoms with Gasteiger partial charge in [-0.05, 0) is 35.7 Å². The van der Waals surface area contributed by atoms with Crippen molar-refractivity contribution >= 4 is 11.9 Å². The highest BCUT2D eigenvalue weighted by molar-refractivity contribution is 5.76. The van der Waals surface area contributed by atoms with Crippen LogP contribution >= 0.6 is 0 Å². The summed E-state index contributed by atoms with van der Waals surface area (Å²) in [5.74, 6) is 0. The van der Waals surface area contributed by atoms with Crippen LogP contribution in [0.5, 0.6) is 0 Å². The van der Waals surface area contributed by atoms with Crippen molar-refractivity contribution < 1.29 is 0 Å². The van der Waals surface area contributed by atoms with Gasteiger partial charge >= 0.3 is 0 Å². The molecule has 2 heteroatoms. The number of benzene rings is 2. The Labute approximate surface area is 114 Å². The summed E-state index contributed by atoms with van der Waals surface area (Å²) in [4.78, 5) is 4.39. The van der Waals surface area contributed by atoms with Crippen molar-refractivity contribution in [1.82, 2.24) is 5.32 Å². The van der Waals surface area contributed by atoms with Crippen molar-refractivity contribution in [3.8, 4) is 0 Å². The zero-order valence-electron chi connectivity index (χ0n) is 11.0. The van der Waals surface area contributed by atoms with E-state index < -0.39 is 0 Å². The number of hydrogen-bond donors (Lipinski definition) is 1. The second-order valence-electron chi connectivity index (χ2n) is 4.84. The number of fused-ring (bicyclic) bond motifs is 1. The first-order valence-electron chi connectivity index (χ1n) is 6.81. The van der Waals surface area contributed by atoms with Gasteiger partial charge in [0.05, 0.1) is 5.69 Å². The second-order valence-corrected chi connectivity index (χ2v) is 4.84. The molecule has 3 rings (SSSR count). The van der Waals surface area contributed by atoms with Crippen molar-refractivity contribution in [2.45, 2.75) is 19.4 Å². The van der Waals surface area contributed by atoms with Crippen LogP contribution in [0.4, 0.5) is 5.69 Å². The average molecular weight is 250 g/mol. The van der Waals surface area contributed by atoms with Crippen molar-refractivity contribution in [3.05, 3.63) is 65.2 Å². The maximum absolute atomic E-state index is 4.39. The van der Waals surface area contributed by atoms with Crippen molar-refractivity contribution in [2.75, 3.05) is 6.54 Å². The third kappa shape index (κ3) is 2.91. The molecular formula is C17H18N2. The molecule has 2 aromatic rings. The van der Waals surface area contributed by atoms with Gasteiger partial charge in [-0.3, -0.25) is 4.99 Å². The molecule has 96 valence electrons. The molecule has 0 bridgehead atoms. The summed E-state index contributed by atoms with van der Waals surface area (Å²) in [6.07, 6.45) is 4.06. The molecule has 0 unspecified atom stereocenters. The monoisotopic (exact) mass is 250 g/mol. The van der Waals surface area contributed by atoms with E-state index in [0.717, 1.165) is 31.6 Å². The minimum Gasteiger partial charge on any atom is -0.312 e. The Hall–Kier alpha value is -1.93. The highest BCUT2D eigenvalue weighted by atomic mass is 14.8. The molecule has 0 atom stereocenters. The third-order valence-electron chi connectivity index (χ3n) is 3.52. The molecular weight excluding hydrogens is 232 g/mol. The summed E-state index contributed by atoms with van der Waals surface area (Å²) in [5, 5.41) is 3.50. The fourth-order valence-corrected chi connectivity index (χ4v) is 2.50. The van der Waals surface area contributed by atoms with E-state index in [-0.39, 0.29) is 0 Å². The van der Waals surface area contributed by atoms with Crippen LogP contribution in [0.2, 0.25) is 0 Å². The van der Waals surface area contributed by atoms with Crippen LogP contribution in [-0.4, -0.2) is 12.8 Å². The molecule has 0 aliphatic carbocycles. The third-order valence-corrected chi connectivity index (χ3v) is 3.52. The highest BCUT2D eigenvalue weighted by Gasteiger charge is 2.10. The van der Waals surface area contributed by atoms with Gasteiger partial charge in [0.25, 0.3) is 0 Å². The molecule has 1 aliphatic rings. The fraction of sp³-hybridized carbons (Fsp3) is 0.235. The van der Waals surface area contributed by atoms with Gasteiger partial charge in [-0.1, -0.05) is 42.5 Å². The van der Waals surface area contributed by atoms with Gasteiger partial charge in [-0.15, -0.1) is 0 Å². The first kappa shape index (κ1) is 12.1. The minimum atomic E-state index is 0.937. The zero-order valence-corrected chi connectivity index (χ0v) is 11.0. The maximum Gasteiger partial charge on any atom is 0.0664 e. The van der Waals surface area contributed by atoms with Gasteiger partial charge < -0.3 is 5.32 Å². The summed E-state index contributed by atoms with van der Waals surface area (Å²) < 4.78 is 0. The Bertz CT molecular complexity index is 573. The van der Waals surface area contributed by atoms with E-state index >= 15 is 0 Å². The smallest absolute Gasteiger partial charge is 0.0664 e. The molecule has 0 saturated carbocycles. The number of aliphatic imine (C=N–C) groups is 1. The van der Waals surface area contributed by atoms with E-state index in [9.17, 15) is 0 Å². The SMILES string of the molecule is C1=Nc2cccc(CCNCc3ccccc3)c2C1. The summed E-state index contributed by atoms with van der Waals surface area (Å²) in [7, 11) is 0. The van der Waals surface area contributed by atoms with Gasteiger partial charge in [0.15, 0.2) is 0 Å². The van der Waals surface area contributed by atoms with Crippen LogP contribution < -0.4 is 5.32 Å². The number of hydrogen-bond acceptors (Lipinski definition) is 2. The number of nitrogens with zero attached hydrogens (tertiary/aromatic N) is 1. The Balaban J connectivity index is 1.52. The summed E-state index contributed by atoms with van der Waals surface area (Å²) >= 11 is 0. The van der Waals surface area contributed by atoms with Crippen LogP contribution in [0.25, 0.3) is 0 Å². The standard InChI is InChI=1S/C17H18N2/c1-2-5-14(6-3-1)13-18-11-9-15-7-4-8-17-16(15)10-12-19-17/h1-8,12,18H,9-11,13H2. The normalized spacial score (nSPS) is 12.6. The lowest BCUT2D eigenvalue weighted by atomic mass is 10.0. The molecule has 2 nitrogen and oxygen atoms in total. The van der Waals surface area contributed by atoms with Crippen LogP contribution in [0.15, 0.2) is 53.5 Å². The average Bonchev–Trinajstić information content (AvgIpc) is 2.94. The molecule has 0 fully saturated rings. The van der Waals surface area contributed by atoms with E-state index in [1.54, 1.807) is 0 Å². The largest absolute Gasteiger partial charge is 0.312 e. The predicted octanol–water partition coefficient (Wildman–Crippen LogP) is 3.28. The van der Waals surface area contributed by atoms with Gasteiger partial charge in [-0.2, -0.15) is 0 Å². The molecule has 0 saturated heterocycles. The fourth-order valence-electron chi connectivity index (χ4n) is 2.50. The molecule has 1 N–H and O–H groups in total. The molecule has 0 amide bonds. The van der Waals surface area contributed by atoms with Crippen LogP contribution in [-0.2, 0) is 19.4 Å². The van der Waals surface area contributed by atoms with E-state index in [2.05, 4.69) is 58.8 Å². The van der Waals surface area contributed by atoms with Gasteiger partial charge in [0, 0.05) is 19.2 Å². The summed E-state index contributed by atoms with van der Waals surface area (Å²) in [6.45, 7) is 1.94. The number of rotatable bonds is 5. The van der Waals surface area contributed by atoms with Crippen molar-refractivity contribution in [2.24, 2.45) is 4.99 Å². The molecule has 0 spiro atoms. The Kier molecular flexibility index (Phi) is 3.70. The first-order chi connectivity index (χ1) is 9.43. The quantitative estimate of drug-likeness (QED) is 0.809. The molecule has 1 heterocycles.